The Morgan fingerprint density at radius 3 is 2.30 bits per heavy atom. The molecule has 5 aliphatic heterocycles. The maximum Gasteiger partial charge on any atom is 0.293 e. The molecule has 0 radical (unpaired) electrons. The molecule has 3 N–H and O–H groups in total. The number of piperidine rings is 1. The van der Waals surface area contributed by atoms with Crippen LogP contribution in [0.1, 0.15) is 148 Å². The van der Waals surface area contributed by atoms with Gasteiger partial charge in [-0.25, -0.2) is 5.43 Å². The second-order valence-corrected chi connectivity index (χ2v) is 24.7. The highest BCUT2D eigenvalue weighted by Gasteiger charge is 2.53. The Kier molecular flexibility index (Phi) is 19.9. The fourth-order valence-electron chi connectivity index (χ4n) is 13.0. The molecule has 2 aromatic rings. The number of rotatable bonds is 25. The number of ether oxygens (including phenoxy) is 3. The predicted octanol–water partition coefficient (Wildman–Crippen LogP) is 7.06. The van der Waals surface area contributed by atoms with Crippen molar-refractivity contribution in [3.8, 4) is 0 Å². The highest BCUT2D eigenvalue weighted by Crippen LogP contribution is 2.46. The van der Waals surface area contributed by atoms with E-state index in [0.717, 1.165) is 116 Å². The van der Waals surface area contributed by atoms with Gasteiger partial charge in [0.05, 0.1) is 44.3 Å². The van der Waals surface area contributed by atoms with Gasteiger partial charge in [0.1, 0.15) is 6.04 Å². The molecule has 5 unspecified atom stereocenters. The summed E-state index contributed by atoms with van der Waals surface area (Å²) in [4.78, 5) is 68.6. The van der Waals surface area contributed by atoms with Gasteiger partial charge in [0, 0.05) is 119 Å². The van der Waals surface area contributed by atoms with Gasteiger partial charge in [-0.05, 0) is 130 Å². The summed E-state index contributed by atoms with van der Waals surface area (Å²) in [6, 6.07) is 7.65. The molecule has 3 amide bonds. The van der Waals surface area contributed by atoms with Crippen molar-refractivity contribution >= 4 is 41.0 Å². The third kappa shape index (κ3) is 13.5. The number of carbonyl (C=O) groups is 4. The molecule has 6 heterocycles. The Morgan fingerprint density at radius 2 is 1.74 bits per heavy atom. The van der Waals surface area contributed by atoms with Gasteiger partial charge in [0.2, 0.25) is 11.8 Å². The van der Waals surface area contributed by atoms with E-state index in [2.05, 4.69) is 112 Å². The number of nitrogens with one attached hydrogen (secondary N) is 2. The summed E-state index contributed by atoms with van der Waals surface area (Å²) in [5.74, 6) is -0.374. The maximum absolute atomic E-state index is 15.3. The zero-order valence-corrected chi connectivity index (χ0v) is 48.3. The van der Waals surface area contributed by atoms with Crippen LogP contribution < -0.4 is 15.6 Å². The number of aromatic nitrogens is 1. The summed E-state index contributed by atoms with van der Waals surface area (Å²) in [5, 5.41) is 16.1. The van der Waals surface area contributed by atoms with E-state index in [1.54, 1.807) is 19.0 Å². The van der Waals surface area contributed by atoms with Gasteiger partial charge in [0.15, 0.2) is 0 Å². The van der Waals surface area contributed by atoms with E-state index in [-0.39, 0.29) is 71.8 Å². The predicted molar refractivity (Wildman–Crippen MR) is 299 cm³/mol. The number of hydrogen-bond donors (Lipinski definition) is 3. The first-order chi connectivity index (χ1) is 36.2. The van der Waals surface area contributed by atoms with Crippen LogP contribution in [0.2, 0.25) is 0 Å². The zero-order chi connectivity index (χ0) is 55.1. The van der Waals surface area contributed by atoms with E-state index in [0.29, 0.717) is 58.6 Å². The number of anilines is 1. The SMILES string of the molecule is CCc1cnc(C(C)OC)c(/C(=C(\CC(C)(C)COC=O)c2cc(N(CCO)CCC(CN3CC4(COC4)C3)C(NC(=O)C(C(C)C)N3CCC34CCN(C(C)=O)CC4)C(=O)N3CCCC(C)N3)ccc2C)C(C)C)c1. The van der Waals surface area contributed by atoms with E-state index in [4.69, 9.17) is 19.2 Å². The molecular formula is C60H94N8O8. The second kappa shape index (κ2) is 25.6. The summed E-state index contributed by atoms with van der Waals surface area (Å²) in [6.45, 7) is 31.1. The van der Waals surface area contributed by atoms with Crippen LogP contribution in [-0.2, 0) is 39.8 Å². The summed E-state index contributed by atoms with van der Waals surface area (Å²) < 4.78 is 17.1. The molecular weight excluding hydrogens is 961 g/mol. The largest absolute Gasteiger partial charge is 0.467 e. The van der Waals surface area contributed by atoms with E-state index < -0.39 is 17.5 Å². The van der Waals surface area contributed by atoms with Crippen molar-refractivity contribution in [2.75, 3.05) is 97.3 Å². The number of methoxy groups -OCH3 is 1. The van der Waals surface area contributed by atoms with Crippen molar-refractivity contribution in [2.24, 2.45) is 28.6 Å². The van der Waals surface area contributed by atoms with Gasteiger partial charge in [-0.3, -0.25) is 34.1 Å². The van der Waals surface area contributed by atoms with Crippen molar-refractivity contribution in [3.05, 3.63) is 58.4 Å². The fraction of sp³-hybridized carbons (Fsp3) is 0.717. The van der Waals surface area contributed by atoms with Gasteiger partial charge < -0.3 is 39.3 Å². The topological polar surface area (TPSA) is 169 Å². The number of allylic oxidation sites excluding steroid dienone is 2. The first-order valence-corrected chi connectivity index (χ1v) is 28.7. The van der Waals surface area contributed by atoms with Crippen molar-refractivity contribution in [1.82, 2.24) is 35.4 Å². The molecule has 7 rings (SSSR count). The molecule has 5 fully saturated rings. The van der Waals surface area contributed by atoms with E-state index in [1.807, 2.05) is 18.0 Å². The van der Waals surface area contributed by atoms with Crippen molar-refractivity contribution in [2.45, 2.75) is 157 Å². The van der Waals surface area contributed by atoms with Crippen molar-refractivity contribution in [3.63, 3.8) is 0 Å². The molecule has 0 aliphatic carbocycles. The Morgan fingerprint density at radius 1 is 1.03 bits per heavy atom. The maximum atomic E-state index is 15.3. The quantitative estimate of drug-likeness (QED) is 0.0866. The van der Waals surface area contributed by atoms with Crippen molar-refractivity contribution < 1.29 is 38.5 Å². The molecule has 16 heteroatoms. The minimum absolute atomic E-state index is 0.0185. The fourth-order valence-corrected chi connectivity index (χ4v) is 13.0. The smallest absolute Gasteiger partial charge is 0.293 e. The molecule has 0 bridgehead atoms. The zero-order valence-electron chi connectivity index (χ0n) is 48.3. The Hall–Kier alpha value is -4.45. The summed E-state index contributed by atoms with van der Waals surface area (Å²) in [5.41, 5.74) is 11.4. The van der Waals surface area contributed by atoms with Crippen LogP contribution in [0, 0.1) is 35.5 Å². The van der Waals surface area contributed by atoms with Crippen LogP contribution >= 0.6 is 0 Å². The molecule has 5 saturated heterocycles. The normalized spacial score (nSPS) is 21.5. The monoisotopic (exact) mass is 1050 g/mol. The number of amides is 3. The Bertz CT molecular complexity index is 2350. The molecule has 2 spiro atoms. The van der Waals surface area contributed by atoms with Gasteiger partial charge in [-0.15, -0.1) is 0 Å². The lowest BCUT2D eigenvalue weighted by molar-refractivity contribution is -0.192. The van der Waals surface area contributed by atoms with Gasteiger partial charge >= 0.3 is 0 Å². The summed E-state index contributed by atoms with van der Waals surface area (Å²) in [7, 11) is 1.71. The van der Waals surface area contributed by atoms with Crippen LogP contribution in [0.3, 0.4) is 0 Å². The first kappa shape index (κ1) is 59.2. The van der Waals surface area contributed by atoms with E-state index in [9.17, 15) is 14.7 Å². The third-order valence-electron chi connectivity index (χ3n) is 17.5. The minimum Gasteiger partial charge on any atom is -0.467 e. The lowest BCUT2D eigenvalue weighted by atomic mass is 9.74. The summed E-state index contributed by atoms with van der Waals surface area (Å²) >= 11 is 0. The molecule has 1 aromatic carbocycles. The molecule has 76 heavy (non-hydrogen) atoms. The van der Waals surface area contributed by atoms with E-state index in [1.165, 1.54) is 0 Å². The summed E-state index contributed by atoms with van der Waals surface area (Å²) in [6.07, 6.45) is 8.12. The number of aliphatic hydroxyl groups is 1. The number of pyridine rings is 1. The standard InChI is InChI=1S/C60H94N8O8/c1-13-46-29-50(53(61-32-46)44(8)74-12)52(40(2)3)51(31-58(10,11)36-76-39-70)49-30-48(17-16-42(49)6)66(27-28-69)23-18-47(33-64-34-59(35-64)37-75-38-59)54(57(73)68-22-14-15-43(7)63-68)62-56(72)55(41(4)5)67-26-21-60(67)19-24-65(25-20-60)45(9)71/h16-17,29-30,32,39-41,43-44,47,54-55,63,69H,13-15,18-28,31,33-38H2,1-12H3,(H,62,72)/b52-51+. The molecule has 422 valence electrons. The highest BCUT2D eigenvalue weighted by atomic mass is 16.5. The molecule has 0 saturated carbocycles. The number of hydrazine groups is 1. The first-order valence-electron chi connectivity index (χ1n) is 28.7. The molecule has 1 aromatic heterocycles. The third-order valence-corrected chi connectivity index (χ3v) is 17.5. The number of carbonyl (C=O) groups excluding carboxylic acids is 4. The number of benzene rings is 1. The molecule has 16 nitrogen and oxygen atoms in total. The van der Waals surface area contributed by atoms with Gasteiger partial charge in [0.25, 0.3) is 12.4 Å². The van der Waals surface area contributed by atoms with Crippen LogP contribution in [0.25, 0.3) is 11.1 Å². The number of aryl methyl sites for hydroxylation is 2. The van der Waals surface area contributed by atoms with E-state index >= 15 is 9.59 Å². The number of hydrogen-bond acceptors (Lipinski definition) is 13. The van der Waals surface area contributed by atoms with Gasteiger partial charge in [-0.1, -0.05) is 54.5 Å². The van der Waals surface area contributed by atoms with Gasteiger partial charge in [-0.2, -0.15) is 0 Å². The number of nitrogens with zero attached hydrogens (tertiary/aromatic N) is 6. The van der Waals surface area contributed by atoms with Crippen LogP contribution in [-0.4, -0.2) is 170 Å². The lowest BCUT2D eigenvalue weighted by Gasteiger charge is -2.59. The highest BCUT2D eigenvalue weighted by molar-refractivity contribution is 5.94. The Labute approximate surface area is 455 Å². The minimum atomic E-state index is -0.822. The number of likely N-dealkylation sites (tertiary alicyclic amines) is 3. The van der Waals surface area contributed by atoms with Crippen molar-refractivity contribution in [1.29, 1.82) is 0 Å². The van der Waals surface area contributed by atoms with Crippen LogP contribution in [0.4, 0.5) is 5.69 Å². The Balaban J connectivity index is 1.27. The second-order valence-electron chi connectivity index (χ2n) is 24.7. The molecule has 5 atom stereocenters. The number of aliphatic hydroxyl groups excluding tert-OH is 1. The molecule has 5 aliphatic rings. The average molecular weight is 1060 g/mol. The average Bonchev–Trinajstić information content (AvgIpc) is 3.36. The van der Waals surface area contributed by atoms with Crippen LogP contribution in [0.5, 0.6) is 0 Å². The lowest BCUT2D eigenvalue weighted by Crippen LogP contribution is -2.71. The van der Waals surface area contributed by atoms with Crippen LogP contribution in [0.15, 0.2) is 30.5 Å².